The average molecular weight is 526 g/mol. The normalized spacial score (nSPS) is 11.1. The fourth-order valence-electron chi connectivity index (χ4n) is 2.46. The van der Waals surface area contributed by atoms with Crippen molar-refractivity contribution in [1.82, 2.24) is 15.6 Å². The van der Waals surface area contributed by atoms with Crippen LogP contribution in [0.15, 0.2) is 12.1 Å². The van der Waals surface area contributed by atoms with E-state index in [0.717, 1.165) is 0 Å². The van der Waals surface area contributed by atoms with Gasteiger partial charge in [-0.05, 0) is 41.5 Å². The Morgan fingerprint density at radius 2 is 1.19 bits per heavy atom. The Kier molecular flexibility index (Phi) is 11.6. The van der Waals surface area contributed by atoms with Gasteiger partial charge in [-0.25, -0.2) is 19.4 Å². The number of pyridine rings is 1. The molecule has 0 unspecified atom stereocenters. The minimum absolute atomic E-state index is 0.00973. The van der Waals surface area contributed by atoms with Crippen molar-refractivity contribution in [3.8, 4) is 5.75 Å². The first-order chi connectivity index (χ1) is 17.0. The highest BCUT2D eigenvalue weighted by molar-refractivity contribution is 5.92. The Morgan fingerprint density at radius 3 is 1.54 bits per heavy atom. The van der Waals surface area contributed by atoms with Gasteiger partial charge in [0.15, 0.2) is 6.61 Å². The van der Waals surface area contributed by atoms with Crippen LogP contribution in [0.5, 0.6) is 5.75 Å². The minimum Gasteiger partial charge on any atom is -0.482 e. The quantitative estimate of drug-likeness (QED) is 0.286. The third-order valence-corrected chi connectivity index (χ3v) is 3.74. The molecule has 0 aliphatic heterocycles. The fraction of sp³-hybridized carbons (Fsp3) is 0.565. The van der Waals surface area contributed by atoms with E-state index < -0.39 is 47.8 Å². The lowest BCUT2D eigenvalue weighted by molar-refractivity contribution is -0.139. The predicted octanol–water partition coefficient (Wildman–Crippen LogP) is 2.25. The summed E-state index contributed by atoms with van der Waals surface area (Å²) in [5, 5.41) is 18.7. The maximum absolute atomic E-state index is 12.3. The highest BCUT2D eigenvalue weighted by atomic mass is 16.6. The van der Waals surface area contributed by atoms with Crippen molar-refractivity contribution in [2.75, 3.05) is 30.3 Å². The molecule has 14 nitrogen and oxygen atoms in total. The van der Waals surface area contributed by atoms with Crippen molar-refractivity contribution in [3.05, 3.63) is 12.1 Å². The maximum Gasteiger partial charge on any atom is 0.407 e. The molecule has 0 fully saturated rings. The summed E-state index contributed by atoms with van der Waals surface area (Å²) >= 11 is 0. The van der Waals surface area contributed by atoms with Crippen LogP contribution in [0.25, 0.3) is 0 Å². The van der Waals surface area contributed by atoms with E-state index in [2.05, 4.69) is 26.3 Å². The highest BCUT2D eigenvalue weighted by Gasteiger charge is 2.17. The lowest BCUT2D eigenvalue weighted by Gasteiger charge is -2.19. The number of aromatic nitrogens is 1. The number of aliphatic carboxylic acids is 1. The molecule has 0 spiro atoms. The van der Waals surface area contributed by atoms with Crippen LogP contribution in [0.1, 0.15) is 54.4 Å². The molecule has 0 aliphatic carbocycles. The van der Waals surface area contributed by atoms with E-state index >= 15 is 0 Å². The second-order valence-electron chi connectivity index (χ2n) is 9.71. The van der Waals surface area contributed by atoms with E-state index in [0.29, 0.717) is 0 Å². The van der Waals surface area contributed by atoms with E-state index in [4.69, 9.17) is 19.3 Å². The standard InChI is InChI=1S/C23H35N5O9/c1-22(2,3)36-20(33)24-9-7-17(29)27-15-11-14(35-13-19(31)32)12-16(26-15)28-18(30)8-10-25-21(34)37-23(4,5)6/h11-12H,7-10,13H2,1-6H3,(H,24,33)(H,25,34)(H,31,32)(H2,26,27,28,29,30). The molecule has 0 bridgehead atoms. The van der Waals surface area contributed by atoms with Crippen LogP contribution in [-0.2, 0) is 23.9 Å². The number of carboxylic acid groups (broad SMARTS) is 1. The molecule has 0 aliphatic rings. The Morgan fingerprint density at radius 1 is 0.784 bits per heavy atom. The molecule has 1 aromatic rings. The molecule has 0 saturated heterocycles. The second-order valence-corrected chi connectivity index (χ2v) is 9.71. The number of alkyl carbamates (subject to hydrolysis) is 2. The first-order valence-electron chi connectivity index (χ1n) is 11.4. The van der Waals surface area contributed by atoms with Crippen LogP contribution < -0.4 is 26.0 Å². The number of ether oxygens (including phenoxy) is 3. The zero-order valence-electron chi connectivity index (χ0n) is 21.9. The number of carbonyl (C=O) groups is 5. The number of carboxylic acids is 1. The third-order valence-electron chi connectivity index (χ3n) is 3.74. The van der Waals surface area contributed by atoms with Crippen LogP contribution in [0.4, 0.5) is 21.2 Å². The number of nitrogens with one attached hydrogen (secondary N) is 4. The van der Waals surface area contributed by atoms with Crippen LogP contribution in [-0.4, -0.2) is 71.0 Å². The summed E-state index contributed by atoms with van der Waals surface area (Å²) in [5.74, 6) is -2.27. The zero-order valence-corrected chi connectivity index (χ0v) is 21.9. The number of amides is 4. The largest absolute Gasteiger partial charge is 0.482 e. The Balaban J connectivity index is 2.73. The van der Waals surface area contributed by atoms with E-state index in [9.17, 15) is 24.0 Å². The van der Waals surface area contributed by atoms with Crippen molar-refractivity contribution in [2.24, 2.45) is 0 Å². The monoisotopic (exact) mass is 525 g/mol. The fourth-order valence-corrected chi connectivity index (χ4v) is 2.46. The maximum atomic E-state index is 12.3. The summed E-state index contributed by atoms with van der Waals surface area (Å²) < 4.78 is 15.3. The van der Waals surface area contributed by atoms with Crippen molar-refractivity contribution < 1.29 is 43.3 Å². The SMILES string of the molecule is CC(C)(C)OC(=O)NCCC(=O)Nc1cc(OCC(=O)O)cc(NC(=O)CCNC(=O)OC(C)(C)C)n1. The summed E-state index contributed by atoms with van der Waals surface area (Å²) in [6.45, 7) is 9.56. The van der Waals surface area contributed by atoms with Gasteiger partial charge in [-0.15, -0.1) is 0 Å². The molecule has 0 radical (unpaired) electrons. The Labute approximate surface area is 214 Å². The first kappa shape index (κ1) is 30.9. The van der Waals surface area contributed by atoms with Gasteiger partial charge in [0.25, 0.3) is 0 Å². The number of nitrogens with zero attached hydrogens (tertiary/aromatic N) is 1. The number of hydrogen-bond donors (Lipinski definition) is 5. The Bertz CT molecular complexity index is 918. The zero-order chi connectivity index (χ0) is 28.2. The molecular weight excluding hydrogens is 490 g/mol. The topological polar surface area (TPSA) is 194 Å². The molecule has 0 atom stereocenters. The molecule has 14 heteroatoms. The summed E-state index contributed by atoms with van der Waals surface area (Å²) in [7, 11) is 0. The molecule has 0 saturated carbocycles. The number of hydrogen-bond acceptors (Lipinski definition) is 9. The van der Waals surface area contributed by atoms with Gasteiger partial charge in [0.05, 0.1) is 0 Å². The van der Waals surface area contributed by atoms with Crippen LogP contribution >= 0.6 is 0 Å². The van der Waals surface area contributed by atoms with Gasteiger partial charge >= 0.3 is 18.2 Å². The highest BCUT2D eigenvalue weighted by Crippen LogP contribution is 2.21. The van der Waals surface area contributed by atoms with E-state index in [1.54, 1.807) is 41.5 Å². The Hall–Kier alpha value is -4.10. The van der Waals surface area contributed by atoms with Crippen LogP contribution in [0, 0.1) is 0 Å². The first-order valence-corrected chi connectivity index (χ1v) is 11.4. The van der Waals surface area contributed by atoms with Gasteiger partial charge in [0, 0.05) is 38.1 Å². The van der Waals surface area contributed by atoms with Crippen LogP contribution in [0.2, 0.25) is 0 Å². The third kappa shape index (κ3) is 15.5. The van der Waals surface area contributed by atoms with E-state index in [-0.39, 0.29) is 43.3 Å². The molecular formula is C23H35N5O9. The van der Waals surface area contributed by atoms with Gasteiger partial charge in [-0.3, -0.25) is 9.59 Å². The van der Waals surface area contributed by atoms with Crippen LogP contribution in [0.3, 0.4) is 0 Å². The molecule has 1 rings (SSSR count). The summed E-state index contributed by atoms with van der Waals surface area (Å²) in [4.78, 5) is 62.9. The summed E-state index contributed by atoms with van der Waals surface area (Å²) in [6, 6.07) is 2.56. The lowest BCUT2D eigenvalue weighted by atomic mass is 10.2. The van der Waals surface area contributed by atoms with Crippen molar-refractivity contribution in [3.63, 3.8) is 0 Å². The minimum atomic E-state index is -1.23. The summed E-state index contributed by atoms with van der Waals surface area (Å²) in [6.07, 6.45) is -1.57. The van der Waals surface area contributed by atoms with Gasteiger partial charge in [-0.2, -0.15) is 0 Å². The molecule has 0 aromatic carbocycles. The number of rotatable bonds is 11. The average Bonchev–Trinajstić information content (AvgIpc) is 2.69. The van der Waals surface area contributed by atoms with Crippen molar-refractivity contribution in [1.29, 1.82) is 0 Å². The lowest BCUT2D eigenvalue weighted by Crippen LogP contribution is -2.34. The summed E-state index contributed by atoms with van der Waals surface area (Å²) in [5.41, 5.74) is -1.36. The molecule has 1 heterocycles. The van der Waals surface area contributed by atoms with E-state index in [1.165, 1.54) is 12.1 Å². The molecule has 4 amide bonds. The molecule has 206 valence electrons. The van der Waals surface area contributed by atoms with Gasteiger partial charge < -0.3 is 40.6 Å². The second kappa shape index (κ2) is 13.8. The number of carbonyl (C=O) groups excluding carboxylic acids is 4. The van der Waals surface area contributed by atoms with Crippen molar-refractivity contribution in [2.45, 2.75) is 65.6 Å². The van der Waals surface area contributed by atoms with Crippen molar-refractivity contribution >= 4 is 41.6 Å². The molecule has 1 aromatic heterocycles. The molecule has 37 heavy (non-hydrogen) atoms. The molecule has 5 N–H and O–H groups in total. The number of anilines is 2. The smallest absolute Gasteiger partial charge is 0.407 e. The van der Waals surface area contributed by atoms with E-state index in [1.807, 2.05) is 0 Å². The van der Waals surface area contributed by atoms with Gasteiger partial charge in [-0.1, -0.05) is 0 Å². The predicted molar refractivity (Wildman–Crippen MR) is 132 cm³/mol. The van der Waals surface area contributed by atoms with Gasteiger partial charge in [0.2, 0.25) is 11.8 Å². The van der Waals surface area contributed by atoms with Gasteiger partial charge in [0.1, 0.15) is 28.6 Å².